The molecule has 10 nitrogen and oxygen atoms in total. The highest BCUT2D eigenvalue weighted by atomic mass is 32.2. The fourth-order valence-corrected chi connectivity index (χ4v) is 5.78. The van der Waals surface area contributed by atoms with Gasteiger partial charge in [-0.1, -0.05) is 44.2 Å². The maximum absolute atomic E-state index is 13.0. The number of carbonyl (C=O) groups excluding carboxylic acids is 1. The highest BCUT2D eigenvalue weighted by molar-refractivity contribution is 7.89. The minimum atomic E-state index is -3.55. The molecule has 1 aromatic heterocycles. The Kier molecular flexibility index (Phi) is 11.3. The van der Waals surface area contributed by atoms with Crippen molar-refractivity contribution in [3.63, 3.8) is 0 Å². The van der Waals surface area contributed by atoms with Crippen LogP contribution in [0.25, 0.3) is 0 Å². The molecule has 1 saturated heterocycles. The monoisotopic (exact) mass is 534 g/mol. The van der Waals surface area contributed by atoms with Crippen molar-refractivity contribution in [2.45, 2.75) is 65.0 Å². The average molecular weight is 535 g/mol. The Bertz CT molecular complexity index is 1070. The van der Waals surface area contributed by atoms with Gasteiger partial charge in [-0.2, -0.15) is 5.10 Å². The van der Waals surface area contributed by atoms with Gasteiger partial charge in [0.05, 0.1) is 11.8 Å². The second kappa shape index (κ2) is 14.4. The lowest BCUT2D eigenvalue weighted by molar-refractivity contribution is 0.0864. The minimum absolute atomic E-state index is 0.0130. The molecule has 37 heavy (non-hydrogen) atoms. The van der Waals surface area contributed by atoms with Gasteiger partial charge in [0.1, 0.15) is 0 Å². The number of piperidine rings is 1. The van der Waals surface area contributed by atoms with Gasteiger partial charge in [0.15, 0.2) is 18.3 Å². The lowest BCUT2D eigenvalue weighted by Crippen LogP contribution is -2.36. The minimum Gasteiger partial charge on any atom is -0.441 e. The molecule has 1 aliphatic heterocycles. The number of likely N-dealkylation sites (tertiary alicyclic amines) is 1. The average Bonchev–Trinajstić information content (AvgIpc) is 3.29. The zero-order valence-corrected chi connectivity index (χ0v) is 23.3. The van der Waals surface area contributed by atoms with Gasteiger partial charge in [-0.3, -0.25) is 0 Å². The van der Waals surface area contributed by atoms with Gasteiger partial charge in [-0.15, -0.1) is 0 Å². The van der Waals surface area contributed by atoms with Crippen LogP contribution in [0.5, 0.6) is 0 Å². The van der Waals surface area contributed by atoms with Crippen LogP contribution in [-0.4, -0.2) is 77.6 Å². The van der Waals surface area contributed by atoms with Crippen molar-refractivity contribution in [1.29, 1.82) is 0 Å². The Morgan fingerprint density at radius 2 is 1.84 bits per heavy atom. The molecule has 3 rings (SSSR count). The van der Waals surface area contributed by atoms with E-state index in [1.54, 1.807) is 16.6 Å². The van der Waals surface area contributed by atoms with Crippen LogP contribution in [0.15, 0.2) is 30.3 Å². The van der Waals surface area contributed by atoms with Gasteiger partial charge in [-0.25, -0.2) is 27.6 Å². The molecule has 0 saturated carbocycles. The molecule has 0 bridgehead atoms. The number of benzene rings is 1. The summed E-state index contributed by atoms with van der Waals surface area (Å²) in [6.07, 6.45) is 4.49. The molecule has 1 fully saturated rings. The molecule has 0 radical (unpaired) electrons. The molecule has 0 unspecified atom stereocenters. The first-order chi connectivity index (χ1) is 17.8. The van der Waals surface area contributed by atoms with Crippen LogP contribution in [0, 0.1) is 0 Å². The lowest BCUT2D eigenvalue weighted by Gasteiger charge is -2.25. The standard InChI is InChI=1S/C26H42N6O4S/c1-4-31(5-2)17-12-20-37(34,35)29-23(16-15-22-13-8-6-9-14-22)25-27-24(30(3)28-25)21-36-26(33)32-18-10-7-11-19-32/h6,8-9,13-14,23,29H,4-5,7,10-12,15-21H2,1-3H3/t23-/m1/s1. The molecule has 2 heterocycles. The van der Waals surface area contributed by atoms with Crippen molar-refractivity contribution in [3.05, 3.63) is 47.5 Å². The highest BCUT2D eigenvalue weighted by Crippen LogP contribution is 2.19. The predicted octanol–water partition coefficient (Wildman–Crippen LogP) is 3.26. The first-order valence-electron chi connectivity index (χ1n) is 13.4. The number of nitrogens with one attached hydrogen (secondary N) is 1. The number of rotatable bonds is 14. The predicted molar refractivity (Wildman–Crippen MR) is 143 cm³/mol. The fourth-order valence-electron chi connectivity index (χ4n) is 4.50. The van der Waals surface area contributed by atoms with E-state index in [0.29, 0.717) is 44.0 Å². The number of amides is 1. The van der Waals surface area contributed by atoms with Gasteiger partial charge in [0, 0.05) is 20.1 Å². The summed E-state index contributed by atoms with van der Waals surface area (Å²) in [6, 6.07) is 9.35. The molecule has 1 atom stereocenters. The molecule has 1 aliphatic rings. The van der Waals surface area contributed by atoms with Crippen molar-refractivity contribution in [3.8, 4) is 0 Å². The molecule has 1 aromatic carbocycles. The summed E-state index contributed by atoms with van der Waals surface area (Å²) in [5.41, 5.74) is 1.11. The molecule has 0 spiro atoms. The zero-order valence-electron chi connectivity index (χ0n) is 22.4. The van der Waals surface area contributed by atoms with Crippen molar-refractivity contribution in [2.24, 2.45) is 7.05 Å². The van der Waals surface area contributed by atoms with Crippen LogP contribution >= 0.6 is 0 Å². The molecular formula is C26H42N6O4S. The van der Waals surface area contributed by atoms with E-state index in [-0.39, 0.29) is 18.5 Å². The van der Waals surface area contributed by atoms with Crippen molar-refractivity contribution < 1.29 is 17.9 Å². The smallest absolute Gasteiger partial charge is 0.410 e. The van der Waals surface area contributed by atoms with E-state index < -0.39 is 16.1 Å². The Morgan fingerprint density at radius 1 is 1.14 bits per heavy atom. The first kappa shape index (κ1) is 29.1. The van der Waals surface area contributed by atoms with Gasteiger partial charge in [0.25, 0.3) is 0 Å². The largest absolute Gasteiger partial charge is 0.441 e. The SMILES string of the molecule is CCN(CC)CCCS(=O)(=O)N[C@H](CCc1ccccc1)c1nc(COC(=O)N2CCCCC2)n(C)n1. The number of nitrogens with zero attached hydrogens (tertiary/aromatic N) is 5. The molecule has 0 aliphatic carbocycles. The summed E-state index contributed by atoms with van der Waals surface area (Å²) in [6.45, 7) is 8.08. The van der Waals surface area contributed by atoms with Crippen LogP contribution in [0.2, 0.25) is 0 Å². The summed E-state index contributed by atoms with van der Waals surface area (Å²) in [5, 5.41) is 4.50. The Hall–Kier alpha value is -2.50. The van der Waals surface area contributed by atoms with E-state index in [4.69, 9.17) is 4.74 Å². The van der Waals surface area contributed by atoms with Crippen LogP contribution in [-0.2, 0) is 34.8 Å². The number of carbonyl (C=O) groups is 1. The third-order valence-corrected chi connectivity index (χ3v) is 8.26. The zero-order chi connectivity index (χ0) is 26.7. The molecule has 206 valence electrons. The van der Waals surface area contributed by atoms with Gasteiger partial charge in [-0.05, 0) is 63.7 Å². The molecule has 2 aromatic rings. The number of sulfonamides is 1. The summed E-state index contributed by atoms with van der Waals surface area (Å²) in [4.78, 5) is 20.9. The number of hydrogen-bond acceptors (Lipinski definition) is 7. The number of aromatic nitrogens is 3. The first-order valence-corrected chi connectivity index (χ1v) is 15.0. The number of hydrogen-bond donors (Lipinski definition) is 1. The lowest BCUT2D eigenvalue weighted by atomic mass is 10.1. The van der Waals surface area contributed by atoms with Crippen molar-refractivity contribution in [2.75, 3.05) is 38.5 Å². The second-order valence-corrected chi connectivity index (χ2v) is 11.4. The normalized spacial score (nSPS) is 15.2. The maximum atomic E-state index is 13.0. The van der Waals surface area contributed by atoms with E-state index in [2.05, 4.69) is 33.6 Å². The van der Waals surface area contributed by atoms with Gasteiger partial charge in [0.2, 0.25) is 10.0 Å². The van der Waals surface area contributed by atoms with E-state index in [1.807, 2.05) is 30.3 Å². The van der Waals surface area contributed by atoms with E-state index in [1.165, 1.54) is 0 Å². The Balaban J connectivity index is 1.67. The van der Waals surface area contributed by atoms with Crippen LogP contribution < -0.4 is 4.72 Å². The summed E-state index contributed by atoms with van der Waals surface area (Å²) < 4.78 is 35.9. The highest BCUT2D eigenvalue weighted by Gasteiger charge is 2.25. The summed E-state index contributed by atoms with van der Waals surface area (Å²) >= 11 is 0. The molecule has 11 heteroatoms. The van der Waals surface area contributed by atoms with Gasteiger partial charge >= 0.3 is 6.09 Å². The quantitative estimate of drug-likeness (QED) is 0.396. The Labute approximate surface area is 221 Å². The molecular weight excluding hydrogens is 492 g/mol. The topological polar surface area (TPSA) is 110 Å². The van der Waals surface area contributed by atoms with Gasteiger partial charge < -0.3 is 14.5 Å². The van der Waals surface area contributed by atoms with Crippen LogP contribution in [0.4, 0.5) is 4.79 Å². The number of aryl methyl sites for hydroxylation is 2. The van der Waals surface area contributed by atoms with E-state index >= 15 is 0 Å². The van der Waals surface area contributed by atoms with Crippen LogP contribution in [0.1, 0.15) is 69.2 Å². The van der Waals surface area contributed by atoms with Crippen molar-refractivity contribution >= 4 is 16.1 Å². The third-order valence-electron chi connectivity index (χ3n) is 6.79. The maximum Gasteiger partial charge on any atom is 0.410 e. The molecule has 1 N–H and O–H groups in total. The van der Waals surface area contributed by atoms with E-state index in [0.717, 1.165) is 44.5 Å². The second-order valence-electron chi connectivity index (χ2n) is 9.51. The molecule has 1 amide bonds. The van der Waals surface area contributed by atoms with Crippen LogP contribution in [0.3, 0.4) is 0 Å². The Morgan fingerprint density at radius 3 is 2.51 bits per heavy atom. The van der Waals surface area contributed by atoms with Crippen molar-refractivity contribution in [1.82, 2.24) is 29.3 Å². The summed E-state index contributed by atoms with van der Waals surface area (Å²) in [5.74, 6) is 0.902. The fraction of sp³-hybridized carbons (Fsp3) is 0.654. The summed E-state index contributed by atoms with van der Waals surface area (Å²) in [7, 11) is -1.82. The van der Waals surface area contributed by atoms with E-state index in [9.17, 15) is 13.2 Å². The number of ether oxygens (including phenoxy) is 1. The third kappa shape index (κ3) is 9.39.